The third-order valence-electron chi connectivity index (χ3n) is 5.71. The van der Waals surface area contributed by atoms with E-state index in [0.29, 0.717) is 45.8 Å². The standard InChI is InChI=1S/C23H27N3O4S/c1-12(2)9-10-31-23-25-21-20(22(29)26-23)18(13-7-8-15(27)17(11-13)30-3)19-14(24-21)5-4-6-16(19)28/h7-8,11-12,18,27H,4-6,9-10H2,1-3H3,(H2,24,25,26,29). The average molecular weight is 442 g/mol. The van der Waals surface area contributed by atoms with Gasteiger partial charge in [0, 0.05) is 29.4 Å². The van der Waals surface area contributed by atoms with Crippen LogP contribution in [0.3, 0.4) is 0 Å². The monoisotopic (exact) mass is 441 g/mol. The van der Waals surface area contributed by atoms with E-state index >= 15 is 0 Å². The minimum Gasteiger partial charge on any atom is -0.504 e. The first-order chi connectivity index (χ1) is 14.9. The summed E-state index contributed by atoms with van der Waals surface area (Å²) in [5.41, 5.74) is 2.32. The molecule has 1 aromatic carbocycles. The van der Waals surface area contributed by atoms with Crippen LogP contribution in [0.15, 0.2) is 39.4 Å². The highest BCUT2D eigenvalue weighted by atomic mass is 32.2. The summed E-state index contributed by atoms with van der Waals surface area (Å²) < 4.78 is 5.27. The van der Waals surface area contributed by atoms with Crippen LogP contribution in [0.25, 0.3) is 0 Å². The predicted octanol–water partition coefficient (Wildman–Crippen LogP) is 4.19. The molecule has 0 radical (unpaired) electrons. The van der Waals surface area contributed by atoms with Crippen molar-refractivity contribution in [1.29, 1.82) is 0 Å². The molecule has 2 aromatic rings. The summed E-state index contributed by atoms with van der Waals surface area (Å²) >= 11 is 1.53. The predicted molar refractivity (Wildman–Crippen MR) is 121 cm³/mol. The maximum absolute atomic E-state index is 13.2. The molecule has 3 N–H and O–H groups in total. The molecule has 1 aromatic heterocycles. The lowest BCUT2D eigenvalue weighted by Gasteiger charge is -2.33. The minimum atomic E-state index is -0.556. The van der Waals surface area contributed by atoms with E-state index in [0.717, 1.165) is 30.7 Å². The van der Waals surface area contributed by atoms with Crippen LogP contribution < -0.4 is 15.6 Å². The zero-order valence-electron chi connectivity index (χ0n) is 17.9. The number of aromatic amines is 1. The number of Topliss-reactive ketones (excluding diaryl/α,β-unsaturated/α-hetero) is 1. The molecule has 4 rings (SSSR count). The van der Waals surface area contributed by atoms with Crippen LogP contribution in [0.1, 0.15) is 56.6 Å². The highest BCUT2D eigenvalue weighted by Gasteiger charge is 2.38. The van der Waals surface area contributed by atoms with Crippen LogP contribution in [0.2, 0.25) is 0 Å². The third kappa shape index (κ3) is 4.21. The highest BCUT2D eigenvalue weighted by molar-refractivity contribution is 7.99. The van der Waals surface area contributed by atoms with Crippen molar-refractivity contribution in [2.75, 3.05) is 18.2 Å². The number of methoxy groups -OCH3 is 1. The zero-order chi connectivity index (χ0) is 22.1. The summed E-state index contributed by atoms with van der Waals surface area (Å²) in [5.74, 6) is 1.73. The van der Waals surface area contributed by atoms with Gasteiger partial charge in [0.15, 0.2) is 22.4 Å². The number of fused-ring (bicyclic) bond motifs is 1. The average Bonchev–Trinajstić information content (AvgIpc) is 2.72. The Bertz CT molecular complexity index is 1110. The second kappa shape index (κ2) is 8.78. The first-order valence-corrected chi connectivity index (χ1v) is 11.5. The Morgan fingerprint density at radius 1 is 1.29 bits per heavy atom. The first-order valence-electron chi connectivity index (χ1n) is 10.6. The number of nitrogens with one attached hydrogen (secondary N) is 2. The molecule has 0 amide bonds. The Morgan fingerprint density at radius 2 is 2.10 bits per heavy atom. The topological polar surface area (TPSA) is 104 Å². The number of carbonyl (C=O) groups is 1. The Labute approximate surface area is 185 Å². The maximum atomic E-state index is 13.2. The quantitative estimate of drug-likeness (QED) is 0.456. The number of phenolic OH excluding ortho intramolecular Hbond substituents is 1. The molecule has 0 spiro atoms. The van der Waals surface area contributed by atoms with Crippen LogP contribution in [0.5, 0.6) is 11.5 Å². The van der Waals surface area contributed by atoms with E-state index in [1.165, 1.54) is 24.9 Å². The molecular formula is C23H27N3O4S. The second-order valence-electron chi connectivity index (χ2n) is 8.32. The van der Waals surface area contributed by atoms with Gasteiger partial charge in [0.2, 0.25) is 0 Å². The van der Waals surface area contributed by atoms with Crippen molar-refractivity contribution >= 4 is 23.4 Å². The number of hydrogen-bond donors (Lipinski definition) is 3. The Kier molecular flexibility index (Phi) is 6.09. The van der Waals surface area contributed by atoms with Crippen LogP contribution in [0.4, 0.5) is 5.82 Å². The Balaban J connectivity index is 1.82. The van der Waals surface area contributed by atoms with Crippen LogP contribution in [-0.2, 0) is 4.79 Å². The van der Waals surface area contributed by atoms with E-state index in [4.69, 9.17) is 9.72 Å². The summed E-state index contributed by atoms with van der Waals surface area (Å²) in [4.78, 5) is 33.7. The largest absolute Gasteiger partial charge is 0.504 e. The third-order valence-corrected chi connectivity index (χ3v) is 6.61. The molecule has 0 bridgehead atoms. The van der Waals surface area contributed by atoms with Gasteiger partial charge in [-0.25, -0.2) is 4.98 Å². The molecule has 0 fully saturated rings. The lowest BCUT2D eigenvalue weighted by atomic mass is 9.76. The molecule has 1 aliphatic carbocycles. The number of nitrogens with zero attached hydrogens (tertiary/aromatic N) is 1. The molecule has 2 aliphatic rings. The molecule has 1 unspecified atom stereocenters. The summed E-state index contributed by atoms with van der Waals surface area (Å²) in [7, 11) is 1.47. The number of hydrogen-bond acceptors (Lipinski definition) is 7. The second-order valence-corrected chi connectivity index (χ2v) is 9.41. The van der Waals surface area contributed by atoms with Crippen molar-refractivity contribution in [2.45, 2.75) is 50.6 Å². The van der Waals surface area contributed by atoms with Gasteiger partial charge in [0.05, 0.1) is 12.7 Å². The minimum absolute atomic E-state index is 0.00789. The number of anilines is 1. The number of benzene rings is 1. The number of aromatic nitrogens is 2. The maximum Gasteiger partial charge on any atom is 0.257 e. The van der Waals surface area contributed by atoms with E-state index < -0.39 is 5.92 Å². The van der Waals surface area contributed by atoms with E-state index in [1.54, 1.807) is 12.1 Å². The van der Waals surface area contributed by atoms with Crippen molar-refractivity contribution < 1.29 is 14.6 Å². The van der Waals surface area contributed by atoms with Crippen LogP contribution >= 0.6 is 11.8 Å². The smallest absolute Gasteiger partial charge is 0.257 e. The number of ether oxygens (including phenoxy) is 1. The van der Waals surface area contributed by atoms with Gasteiger partial charge in [-0.3, -0.25) is 9.59 Å². The number of H-pyrrole nitrogens is 1. The zero-order valence-corrected chi connectivity index (χ0v) is 18.8. The molecular weight excluding hydrogens is 414 g/mol. The Hall–Kier alpha value is -2.74. The van der Waals surface area contributed by atoms with Gasteiger partial charge in [-0.2, -0.15) is 0 Å². The number of ketones is 1. The van der Waals surface area contributed by atoms with Crippen molar-refractivity contribution in [2.24, 2.45) is 5.92 Å². The first kappa shape index (κ1) is 21.5. The normalized spacial score (nSPS) is 17.9. The van der Waals surface area contributed by atoms with Crippen LogP contribution in [0, 0.1) is 5.92 Å². The fourth-order valence-corrected chi connectivity index (χ4v) is 5.21. The lowest BCUT2D eigenvalue weighted by molar-refractivity contribution is -0.116. The van der Waals surface area contributed by atoms with Gasteiger partial charge in [-0.15, -0.1) is 0 Å². The lowest BCUT2D eigenvalue weighted by Crippen LogP contribution is -2.32. The highest BCUT2D eigenvalue weighted by Crippen LogP contribution is 2.45. The molecule has 2 heterocycles. The van der Waals surface area contributed by atoms with Crippen molar-refractivity contribution in [1.82, 2.24) is 9.97 Å². The van der Waals surface area contributed by atoms with Crippen molar-refractivity contribution in [3.8, 4) is 11.5 Å². The fourth-order valence-electron chi connectivity index (χ4n) is 4.11. The van der Waals surface area contributed by atoms with Gasteiger partial charge < -0.3 is 20.1 Å². The summed E-state index contributed by atoms with van der Waals surface area (Å²) in [5, 5.41) is 13.9. The molecule has 0 saturated carbocycles. The molecule has 1 atom stereocenters. The summed E-state index contributed by atoms with van der Waals surface area (Å²) in [6, 6.07) is 4.95. The van der Waals surface area contributed by atoms with E-state index in [-0.39, 0.29) is 17.1 Å². The van der Waals surface area contributed by atoms with Gasteiger partial charge in [0.25, 0.3) is 5.56 Å². The van der Waals surface area contributed by atoms with Crippen molar-refractivity contribution in [3.63, 3.8) is 0 Å². The molecule has 31 heavy (non-hydrogen) atoms. The van der Waals surface area contributed by atoms with Gasteiger partial charge in [-0.05, 0) is 42.9 Å². The number of allylic oxidation sites excluding steroid dienone is 2. The molecule has 164 valence electrons. The number of rotatable bonds is 6. The SMILES string of the molecule is COc1cc(C2C3=C(CCCC3=O)Nc3nc(SCCC(C)C)[nH]c(=O)c32)ccc1O. The Morgan fingerprint density at radius 3 is 2.84 bits per heavy atom. The van der Waals surface area contributed by atoms with E-state index in [1.807, 2.05) is 0 Å². The fraction of sp³-hybridized carbons (Fsp3) is 0.435. The molecule has 0 saturated heterocycles. The number of aromatic hydroxyl groups is 1. The summed E-state index contributed by atoms with van der Waals surface area (Å²) in [6.07, 6.45) is 2.98. The van der Waals surface area contributed by atoms with E-state index in [2.05, 4.69) is 24.1 Å². The number of phenols is 1. The van der Waals surface area contributed by atoms with Crippen molar-refractivity contribution in [3.05, 3.63) is 50.9 Å². The van der Waals surface area contributed by atoms with Crippen LogP contribution in [-0.4, -0.2) is 33.7 Å². The van der Waals surface area contributed by atoms with Gasteiger partial charge in [0.1, 0.15) is 5.82 Å². The van der Waals surface area contributed by atoms with Gasteiger partial charge in [-0.1, -0.05) is 31.7 Å². The molecule has 8 heteroatoms. The number of thioether (sulfide) groups is 1. The van der Waals surface area contributed by atoms with Gasteiger partial charge >= 0.3 is 0 Å². The summed E-state index contributed by atoms with van der Waals surface area (Å²) in [6.45, 7) is 4.32. The van der Waals surface area contributed by atoms with E-state index in [9.17, 15) is 14.7 Å². The molecule has 1 aliphatic heterocycles. The molecule has 7 nitrogen and oxygen atoms in total. The number of carbonyl (C=O) groups excluding carboxylic acids is 1.